The van der Waals surface area contributed by atoms with Crippen LogP contribution in [0.15, 0.2) is 24.3 Å². The molecule has 0 aliphatic heterocycles. The van der Waals surface area contributed by atoms with Crippen LogP contribution in [0.4, 0.5) is 4.39 Å². The van der Waals surface area contributed by atoms with Crippen LogP contribution in [-0.4, -0.2) is 38.0 Å². The van der Waals surface area contributed by atoms with Crippen molar-refractivity contribution in [2.75, 3.05) is 20.2 Å². The summed E-state index contributed by atoms with van der Waals surface area (Å²) in [4.78, 5) is 34.0. The van der Waals surface area contributed by atoms with Gasteiger partial charge in [0, 0.05) is 25.1 Å². The second-order valence-corrected chi connectivity index (χ2v) is 4.54. The Balaban J connectivity index is 2.14. The Morgan fingerprint density at radius 3 is 2.36 bits per heavy atom. The van der Waals surface area contributed by atoms with Gasteiger partial charge in [-0.15, -0.1) is 0 Å². The summed E-state index contributed by atoms with van der Waals surface area (Å²) in [5, 5.41) is 5.22. The van der Waals surface area contributed by atoms with Crippen molar-refractivity contribution < 1.29 is 23.5 Å². The molecule has 7 heteroatoms. The summed E-state index contributed by atoms with van der Waals surface area (Å²) in [7, 11) is 1.29. The minimum atomic E-state index is -0.403. The van der Waals surface area contributed by atoms with Crippen LogP contribution >= 0.6 is 0 Å². The van der Waals surface area contributed by atoms with E-state index < -0.39 is 5.82 Å². The number of nitrogens with one attached hydrogen (secondary N) is 2. The number of hydrogen-bond donors (Lipinski definition) is 2. The summed E-state index contributed by atoms with van der Waals surface area (Å²) in [6, 6.07) is 5.21. The molecule has 0 aromatic heterocycles. The van der Waals surface area contributed by atoms with Crippen molar-refractivity contribution in [3.8, 4) is 0 Å². The van der Waals surface area contributed by atoms with Gasteiger partial charge < -0.3 is 15.4 Å². The molecule has 0 saturated heterocycles. The molecular formula is C15H19FN2O4. The number of carbonyl (C=O) groups excluding carboxylic acids is 3. The lowest BCUT2D eigenvalue weighted by Crippen LogP contribution is -2.28. The van der Waals surface area contributed by atoms with Crippen molar-refractivity contribution >= 4 is 17.8 Å². The molecule has 1 rings (SSSR count). The zero-order valence-corrected chi connectivity index (χ0v) is 12.4. The van der Waals surface area contributed by atoms with Gasteiger partial charge in [-0.25, -0.2) is 4.39 Å². The van der Waals surface area contributed by atoms with Crippen molar-refractivity contribution in [1.82, 2.24) is 10.6 Å². The third kappa shape index (κ3) is 6.83. The number of rotatable bonds is 8. The first-order valence-corrected chi connectivity index (χ1v) is 6.90. The normalized spacial score (nSPS) is 9.91. The molecule has 0 aliphatic carbocycles. The van der Waals surface area contributed by atoms with Crippen molar-refractivity contribution in [2.45, 2.75) is 19.3 Å². The van der Waals surface area contributed by atoms with E-state index in [1.807, 2.05) is 0 Å². The van der Waals surface area contributed by atoms with Gasteiger partial charge in [0.1, 0.15) is 5.82 Å². The first-order chi connectivity index (χ1) is 10.5. The summed E-state index contributed by atoms with van der Waals surface area (Å²) in [6.07, 6.45) is 0.839. The van der Waals surface area contributed by atoms with Gasteiger partial charge in [0.2, 0.25) is 5.91 Å². The Morgan fingerprint density at radius 1 is 1.05 bits per heavy atom. The molecule has 120 valence electrons. The summed E-state index contributed by atoms with van der Waals surface area (Å²) in [5.41, 5.74) is 0.365. The van der Waals surface area contributed by atoms with Gasteiger partial charge in [-0.2, -0.15) is 0 Å². The van der Waals surface area contributed by atoms with E-state index in [9.17, 15) is 18.8 Å². The Hall–Kier alpha value is -2.44. The first-order valence-electron chi connectivity index (χ1n) is 6.90. The fraction of sp³-hybridized carbons (Fsp3) is 0.400. The zero-order valence-electron chi connectivity index (χ0n) is 12.4. The summed E-state index contributed by atoms with van der Waals surface area (Å²) in [5.74, 6) is -1.29. The van der Waals surface area contributed by atoms with E-state index in [0.29, 0.717) is 18.5 Å². The Morgan fingerprint density at radius 2 is 1.73 bits per heavy atom. The van der Waals surface area contributed by atoms with Gasteiger partial charge in [-0.05, 0) is 30.7 Å². The molecule has 0 radical (unpaired) electrons. The Bertz CT molecular complexity index is 517. The van der Waals surface area contributed by atoms with Crippen molar-refractivity contribution in [2.24, 2.45) is 0 Å². The van der Waals surface area contributed by atoms with Crippen LogP contribution < -0.4 is 10.6 Å². The highest BCUT2D eigenvalue weighted by Gasteiger charge is 2.06. The maximum atomic E-state index is 12.7. The van der Waals surface area contributed by atoms with E-state index >= 15 is 0 Å². The standard InChI is InChI=1S/C15H19FN2O4/c1-22-14(20)8-10-17-13(19)3-2-9-18-15(21)11-4-6-12(16)7-5-11/h4-7H,2-3,8-10H2,1H3,(H,17,19)(H,18,21). The second kappa shape index (κ2) is 9.49. The number of esters is 1. The van der Waals surface area contributed by atoms with Crippen molar-refractivity contribution in [3.63, 3.8) is 0 Å². The molecule has 1 aromatic rings. The predicted molar refractivity (Wildman–Crippen MR) is 77.6 cm³/mol. The molecule has 6 nitrogen and oxygen atoms in total. The Kier molecular flexibility index (Phi) is 7.60. The molecule has 0 aliphatic rings. The van der Waals surface area contributed by atoms with Crippen LogP contribution in [0.1, 0.15) is 29.6 Å². The van der Waals surface area contributed by atoms with E-state index in [4.69, 9.17) is 0 Å². The number of methoxy groups -OCH3 is 1. The largest absolute Gasteiger partial charge is 0.469 e. The molecule has 22 heavy (non-hydrogen) atoms. The highest BCUT2D eigenvalue weighted by Crippen LogP contribution is 2.02. The summed E-state index contributed by atoms with van der Waals surface area (Å²) >= 11 is 0. The topological polar surface area (TPSA) is 84.5 Å². The number of ether oxygens (including phenoxy) is 1. The highest BCUT2D eigenvalue weighted by molar-refractivity contribution is 5.94. The van der Waals surface area contributed by atoms with Crippen molar-refractivity contribution in [3.05, 3.63) is 35.6 Å². The predicted octanol–water partition coefficient (Wildman–Crippen LogP) is 1.01. The third-order valence-electron chi connectivity index (χ3n) is 2.85. The maximum Gasteiger partial charge on any atom is 0.307 e. The van der Waals surface area contributed by atoms with Gasteiger partial charge in [0.25, 0.3) is 5.91 Å². The molecule has 2 N–H and O–H groups in total. The number of halogens is 1. The van der Waals surface area contributed by atoms with Gasteiger partial charge in [-0.1, -0.05) is 0 Å². The van der Waals surface area contributed by atoms with E-state index in [2.05, 4.69) is 15.4 Å². The van der Waals surface area contributed by atoms with Gasteiger partial charge in [0.05, 0.1) is 13.5 Å². The highest BCUT2D eigenvalue weighted by atomic mass is 19.1. The zero-order chi connectivity index (χ0) is 16.4. The van der Waals surface area contributed by atoms with E-state index in [0.717, 1.165) is 0 Å². The van der Waals surface area contributed by atoms with Crippen LogP contribution in [-0.2, 0) is 14.3 Å². The van der Waals surface area contributed by atoms with Crippen LogP contribution in [0.25, 0.3) is 0 Å². The van der Waals surface area contributed by atoms with Gasteiger partial charge in [-0.3, -0.25) is 14.4 Å². The number of hydrogen-bond acceptors (Lipinski definition) is 4. The van der Waals surface area contributed by atoms with E-state index in [1.54, 1.807) is 0 Å². The minimum Gasteiger partial charge on any atom is -0.469 e. The monoisotopic (exact) mass is 310 g/mol. The van der Waals surface area contributed by atoms with Crippen LogP contribution in [0.3, 0.4) is 0 Å². The van der Waals surface area contributed by atoms with Crippen LogP contribution in [0, 0.1) is 5.82 Å². The first kappa shape index (κ1) is 17.6. The average Bonchev–Trinajstić information content (AvgIpc) is 2.51. The second-order valence-electron chi connectivity index (χ2n) is 4.54. The molecule has 2 amide bonds. The number of amides is 2. The maximum absolute atomic E-state index is 12.7. The lowest BCUT2D eigenvalue weighted by molar-refractivity contribution is -0.140. The summed E-state index contributed by atoms with van der Waals surface area (Å²) in [6.45, 7) is 0.564. The van der Waals surface area contributed by atoms with Crippen LogP contribution in [0.5, 0.6) is 0 Å². The molecule has 0 atom stereocenters. The SMILES string of the molecule is COC(=O)CCNC(=O)CCCNC(=O)c1ccc(F)cc1. The Labute approximate surface area is 128 Å². The molecule has 0 spiro atoms. The molecule has 0 unspecified atom stereocenters. The lowest BCUT2D eigenvalue weighted by atomic mass is 10.2. The molecule has 0 heterocycles. The van der Waals surface area contributed by atoms with E-state index in [-0.39, 0.29) is 37.2 Å². The quantitative estimate of drug-likeness (QED) is 0.554. The van der Waals surface area contributed by atoms with Crippen LogP contribution in [0.2, 0.25) is 0 Å². The minimum absolute atomic E-state index is 0.129. The van der Waals surface area contributed by atoms with Gasteiger partial charge >= 0.3 is 5.97 Å². The average molecular weight is 310 g/mol. The fourth-order valence-electron chi connectivity index (χ4n) is 1.65. The number of benzene rings is 1. The van der Waals surface area contributed by atoms with E-state index in [1.165, 1.54) is 31.4 Å². The molecule has 0 fully saturated rings. The fourth-order valence-corrected chi connectivity index (χ4v) is 1.65. The summed E-state index contributed by atoms with van der Waals surface area (Å²) < 4.78 is 17.2. The lowest BCUT2D eigenvalue weighted by Gasteiger charge is -2.06. The molecule has 1 aromatic carbocycles. The molecule has 0 saturated carbocycles. The molecular weight excluding hydrogens is 291 g/mol. The van der Waals surface area contributed by atoms with Crippen molar-refractivity contribution in [1.29, 1.82) is 0 Å². The smallest absolute Gasteiger partial charge is 0.307 e. The number of carbonyl (C=O) groups is 3. The molecule has 0 bridgehead atoms. The van der Waals surface area contributed by atoms with Gasteiger partial charge in [0.15, 0.2) is 0 Å². The third-order valence-corrected chi connectivity index (χ3v) is 2.85.